The summed E-state index contributed by atoms with van der Waals surface area (Å²) in [7, 11) is 1.89. The molecular weight excluding hydrogens is 342 g/mol. The molecule has 3 aromatic rings. The van der Waals surface area contributed by atoms with Crippen LogP contribution in [0.25, 0.3) is 10.2 Å². The van der Waals surface area contributed by atoms with Crippen molar-refractivity contribution in [3.63, 3.8) is 0 Å². The minimum atomic E-state index is -0.421. The van der Waals surface area contributed by atoms with Crippen LogP contribution in [0.15, 0.2) is 58.4 Å². The van der Waals surface area contributed by atoms with Gasteiger partial charge in [0, 0.05) is 11.9 Å². The Bertz CT molecular complexity index is 989. The molecule has 0 atom stereocenters. The van der Waals surface area contributed by atoms with E-state index in [1.807, 2.05) is 41.9 Å². The number of hydrogen-bond donors (Lipinski definition) is 1. The second kappa shape index (κ2) is 7.02. The molecular formula is C17H15N3O2S2. The van der Waals surface area contributed by atoms with Crippen molar-refractivity contribution in [3.8, 4) is 0 Å². The van der Waals surface area contributed by atoms with Crippen molar-refractivity contribution in [2.45, 2.75) is 4.90 Å². The summed E-state index contributed by atoms with van der Waals surface area (Å²) in [5.41, 5.74) is 6.69. The fourth-order valence-electron chi connectivity index (χ4n) is 2.25. The normalized spacial score (nSPS) is 11.8. The molecule has 7 heteroatoms. The number of rotatable bonds is 4. The topological polar surface area (TPSA) is 77.4 Å². The van der Waals surface area contributed by atoms with Crippen molar-refractivity contribution in [1.29, 1.82) is 0 Å². The van der Waals surface area contributed by atoms with E-state index >= 15 is 0 Å². The second-order valence-corrected chi connectivity index (χ2v) is 7.11. The quantitative estimate of drug-likeness (QED) is 0.729. The largest absolute Gasteiger partial charge is 0.369 e. The monoisotopic (exact) mass is 357 g/mol. The molecule has 2 N–H and O–H groups in total. The number of amides is 2. The van der Waals surface area contributed by atoms with E-state index in [1.165, 1.54) is 23.1 Å². The molecule has 2 amide bonds. The Kier molecular flexibility index (Phi) is 4.82. The van der Waals surface area contributed by atoms with Crippen molar-refractivity contribution < 1.29 is 9.59 Å². The van der Waals surface area contributed by atoms with Crippen LogP contribution in [-0.2, 0) is 11.8 Å². The van der Waals surface area contributed by atoms with Gasteiger partial charge in [-0.2, -0.15) is 4.99 Å². The van der Waals surface area contributed by atoms with Gasteiger partial charge in [-0.25, -0.2) is 0 Å². The number of nitrogens with two attached hydrogens (primary N) is 1. The predicted octanol–water partition coefficient (Wildman–Crippen LogP) is 2.56. The van der Waals surface area contributed by atoms with Gasteiger partial charge in [0.2, 0.25) is 5.91 Å². The van der Waals surface area contributed by atoms with E-state index in [9.17, 15) is 9.59 Å². The summed E-state index contributed by atoms with van der Waals surface area (Å²) in [5.74, 6) is -0.624. The summed E-state index contributed by atoms with van der Waals surface area (Å²) >= 11 is 2.71. The Hall–Kier alpha value is -2.38. The molecule has 5 nitrogen and oxygen atoms in total. The number of primary amides is 1. The van der Waals surface area contributed by atoms with Gasteiger partial charge in [-0.1, -0.05) is 35.6 Å². The van der Waals surface area contributed by atoms with Crippen LogP contribution in [0.5, 0.6) is 0 Å². The molecule has 24 heavy (non-hydrogen) atoms. The molecule has 0 spiro atoms. The molecule has 2 aromatic carbocycles. The number of nitrogens with zero attached hydrogens (tertiary/aromatic N) is 2. The summed E-state index contributed by atoms with van der Waals surface area (Å²) < 4.78 is 2.97. The van der Waals surface area contributed by atoms with Gasteiger partial charge in [-0.15, -0.1) is 11.8 Å². The maximum atomic E-state index is 12.6. The van der Waals surface area contributed by atoms with E-state index in [-0.39, 0.29) is 11.7 Å². The van der Waals surface area contributed by atoms with Crippen LogP contribution in [0.4, 0.5) is 0 Å². The Balaban J connectivity index is 2.00. The van der Waals surface area contributed by atoms with Crippen LogP contribution < -0.4 is 10.5 Å². The lowest BCUT2D eigenvalue weighted by Gasteiger charge is -2.04. The number of fused-ring (bicyclic) bond motifs is 1. The maximum Gasteiger partial charge on any atom is 0.280 e. The van der Waals surface area contributed by atoms with Gasteiger partial charge in [0.05, 0.1) is 21.5 Å². The van der Waals surface area contributed by atoms with E-state index in [4.69, 9.17) is 5.73 Å². The van der Waals surface area contributed by atoms with Crippen LogP contribution in [0, 0.1) is 0 Å². The van der Waals surface area contributed by atoms with E-state index in [1.54, 1.807) is 18.2 Å². The first kappa shape index (κ1) is 16.5. The van der Waals surface area contributed by atoms with Crippen LogP contribution in [0.1, 0.15) is 10.4 Å². The van der Waals surface area contributed by atoms with Crippen molar-refractivity contribution in [1.82, 2.24) is 4.57 Å². The summed E-state index contributed by atoms with van der Waals surface area (Å²) in [6, 6.07) is 15.0. The van der Waals surface area contributed by atoms with E-state index in [0.717, 1.165) is 10.2 Å². The Morgan fingerprint density at radius 3 is 2.62 bits per heavy atom. The standard InChI is InChI=1S/C17H15N3O2S2/c1-20-12-7-3-5-9-14(12)24-17(20)19-16(22)11-6-2-4-8-13(11)23-10-15(18)21/h2-9H,10H2,1H3,(H2,18,21). The minimum absolute atomic E-state index is 0.126. The molecule has 0 radical (unpaired) electrons. The zero-order valence-electron chi connectivity index (χ0n) is 12.9. The number of thiazole rings is 1. The van der Waals surface area contributed by atoms with E-state index in [0.29, 0.717) is 15.3 Å². The van der Waals surface area contributed by atoms with Gasteiger partial charge in [-0.3, -0.25) is 9.59 Å². The van der Waals surface area contributed by atoms with Crippen molar-refractivity contribution >= 4 is 45.1 Å². The SMILES string of the molecule is Cn1c(=NC(=O)c2ccccc2SCC(N)=O)sc2ccccc21. The van der Waals surface area contributed by atoms with Gasteiger partial charge >= 0.3 is 0 Å². The van der Waals surface area contributed by atoms with Crippen LogP contribution >= 0.6 is 23.1 Å². The third-order valence-electron chi connectivity index (χ3n) is 3.40. The number of carbonyl (C=O) groups is 2. The van der Waals surface area contributed by atoms with Crippen molar-refractivity contribution in [2.24, 2.45) is 17.8 Å². The summed E-state index contributed by atoms with van der Waals surface area (Å²) in [6.07, 6.45) is 0. The summed E-state index contributed by atoms with van der Waals surface area (Å²) in [4.78, 5) is 29.2. The number of carbonyl (C=O) groups excluding carboxylic acids is 2. The van der Waals surface area contributed by atoms with Gasteiger partial charge in [0.25, 0.3) is 5.91 Å². The Morgan fingerprint density at radius 2 is 1.88 bits per heavy atom. The van der Waals surface area contributed by atoms with Crippen molar-refractivity contribution in [3.05, 3.63) is 58.9 Å². The van der Waals surface area contributed by atoms with Gasteiger partial charge in [0.1, 0.15) is 0 Å². The molecule has 0 saturated carbocycles. The summed E-state index contributed by atoms with van der Waals surface area (Å²) in [6.45, 7) is 0. The number of aryl methyl sites for hydroxylation is 1. The molecule has 0 unspecified atom stereocenters. The van der Waals surface area contributed by atoms with Crippen LogP contribution in [0.3, 0.4) is 0 Å². The number of para-hydroxylation sites is 1. The molecule has 0 aliphatic rings. The highest BCUT2D eigenvalue weighted by Gasteiger charge is 2.12. The van der Waals surface area contributed by atoms with E-state index < -0.39 is 5.91 Å². The maximum absolute atomic E-state index is 12.6. The molecule has 1 heterocycles. The fourth-order valence-corrected chi connectivity index (χ4v) is 4.05. The van der Waals surface area contributed by atoms with E-state index in [2.05, 4.69) is 4.99 Å². The average molecular weight is 357 g/mol. The first-order valence-corrected chi connectivity index (χ1v) is 9.00. The highest BCUT2D eigenvalue weighted by atomic mass is 32.2. The zero-order valence-corrected chi connectivity index (χ0v) is 14.6. The third-order valence-corrected chi connectivity index (χ3v) is 5.61. The average Bonchev–Trinajstić information content (AvgIpc) is 2.89. The smallest absolute Gasteiger partial charge is 0.280 e. The van der Waals surface area contributed by atoms with Crippen LogP contribution in [0.2, 0.25) is 0 Å². The Labute approximate surface area is 146 Å². The number of thioether (sulfide) groups is 1. The van der Waals surface area contributed by atoms with Gasteiger partial charge in [-0.05, 0) is 24.3 Å². The highest BCUT2D eigenvalue weighted by molar-refractivity contribution is 8.00. The van der Waals surface area contributed by atoms with Crippen LogP contribution in [-0.4, -0.2) is 22.1 Å². The summed E-state index contributed by atoms with van der Waals surface area (Å²) in [5, 5.41) is 0. The second-order valence-electron chi connectivity index (χ2n) is 5.08. The molecule has 122 valence electrons. The molecule has 0 bridgehead atoms. The van der Waals surface area contributed by atoms with Crippen molar-refractivity contribution in [2.75, 3.05) is 5.75 Å². The number of benzene rings is 2. The molecule has 0 aliphatic carbocycles. The molecule has 0 saturated heterocycles. The first-order chi connectivity index (χ1) is 11.6. The minimum Gasteiger partial charge on any atom is -0.369 e. The van der Waals surface area contributed by atoms with Gasteiger partial charge < -0.3 is 10.3 Å². The molecule has 3 rings (SSSR count). The van der Waals surface area contributed by atoms with Gasteiger partial charge in [0.15, 0.2) is 4.80 Å². The fraction of sp³-hybridized carbons (Fsp3) is 0.118. The third kappa shape index (κ3) is 3.42. The molecule has 0 fully saturated rings. The highest BCUT2D eigenvalue weighted by Crippen LogP contribution is 2.23. The lowest BCUT2D eigenvalue weighted by atomic mass is 10.2. The zero-order chi connectivity index (χ0) is 17.1. The number of hydrogen-bond acceptors (Lipinski definition) is 4. The lowest BCUT2D eigenvalue weighted by Crippen LogP contribution is -2.15. The number of aromatic nitrogens is 1. The first-order valence-electron chi connectivity index (χ1n) is 7.20. The molecule has 1 aromatic heterocycles. The lowest BCUT2D eigenvalue weighted by molar-refractivity contribution is -0.115. The Morgan fingerprint density at radius 1 is 1.17 bits per heavy atom. The predicted molar refractivity (Wildman–Crippen MR) is 97.0 cm³/mol. The molecule has 0 aliphatic heterocycles.